The van der Waals surface area contributed by atoms with Crippen LogP contribution in [0.3, 0.4) is 0 Å². The molecule has 0 spiro atoms. The molecule has 1 N–H and O–H groups in total. The molecule has 1 aromatic carbocycles. The summed E-state index contributed by atoms with van der Waals surface area (Å²) in [5.74, 6) is 0.0584. The molecule has 5 nitrogen and oxygen atoms in total. The van der Waals surface area contributed by atoms with E-state index in [4.69, 9.17) is 0 Å². The maximum absolute atomic E-state index is 13.4. The monoisotopic (exact) mass is 419 g/mol. The number of nitrogens with zero attached hydrogens (tertiary/aromatic N) is 2. The van der Waals surface area contributed by atoms with E-state index in [2.05, 4.69) is 24.2 Å². The van der Waals surface area contributed by atoms with Crippen LogP contribution in [0, 0.1) is 11.7 Å². The number of thioether (sulfide) groups is 1. The van der Waals surface area contributed by atoms with Crippen molar-refractivity contribution in [2.24, 2.45) is 10.9 Å². The van der Waals surface area contributed by atoms with E-state index < -0.39 is 0 Å². The minimum Gasteiger partial charge on any atom is -0.355 e. The summed E-state index contributed by atoms with van der Waals surface area (Å²) in [5, 5.41) is 3.50. The molecule has 0 aromatic heterocycles. The van der Waals surface area contributed by atoms with E-state index in [-0.39, 0.29) is 29.1 Å². The zero-order chi connectivity index (χ0) is 21.2. The Bertz CT molecular complexity index is 779. The van der Waals surface area contributed by atoms with E-state index in [0.717, 1.165) is 19.3 Å². The van der Waals surface area contributed by atoms with Crippen LogP contribution < -0.4 is 5.32 Å². The topological polar surface area (TPSA) is 61.8 Å². The first-order chi connectivity index (χ1) is 14.0. The Morgan fingerprint density at radius 2 is 2.14 bits per heavy atom. The van der Waals surface area contributed by atoms with Crippen LogP contribution in [0.15, 0.2) is 35.0 Å². The van der Waals surface area contributed by atoms with E-state index in [9.17, 15) is 14.0 Å². The molecule has 0 unspecified atom stereocenters. The third-order valence-corrected chi connectivity index (χ3v) is 5.82. The molecule has 2 amide bonds. The summed E-state index contributed by atoms with van der Waals surface area (Å²) in [7, 11) is 0. The number of amides is 2. The first-order valence-electron chi connectivity index (χ1n) is 10.3. The molecular formula is C22H30FN3O2S. The number of benzene rings is 1. The summed E-state index contributed by atoms with van der Waals surface area (Å²) < 4.78 is 13.4. The average Bonchev–Trinajstić information content (AvgIpc) is 3.01. The van der Waals surface area contributed by atoms with E-state index in [1.54, 1.807) is 23.1 Å². The van der Waals surface area contributed by atoms with Crippen LogP contribution in [-0.4, -0.2) is 40.7 Å². The highest BCUT2D eigenvalue weighted by molar-refractivity contribution is 8.14. The van der Waals surface area contributed by atoms with Gasteiger partial charge in [0.15, 0.2) is 5.17 Å². The third kappa shape index (κ3) is 6.99. The van der Waals surface area contributed by atoms with Crippen LogP contribution in [0.5, 0.6) is 0 Å². The fraction of sp³-hybridized carbons (Fsp3) is 0.500. The van der Waals surface area contributed by atoms with Crippen LogP contribution in [0.25, 0.3) is 6.08 Å². The fourth-order valence-electron chi connectivity index (χ4n) is 3.06. The number of hydrogen-bond donors (Lipinski definition) is 1. The van der Waals surface area contributed by atoms with Gasteiger partial charge in [0, 0.05) is 13.1 Å². The summed E-state index contributed by atoms with van der Waals surface area (Å²) >= 11 is 1.25. The summed E-state index contributed by atoms with van der Waals surface area (Å²) in [6.07, 6.45) is 6.08. The maximum atomic E-state index is 13.4. The van der Waals surface area contributed by atoms with Gasteiger partial charge in [0.25, 0.3) is 5.91 Å². The van der Waals surface area contributed by atoms with Crippen molar-refractivity contribution in [2.45, 2.75) is 46.5 Å². The van der Waals surface area contributed by atoms with Gasteiger partial charge in [-0.1, -0.05) is 57.0 Å². The van der Waals surface area contributed by atoms with Crippen LogP contribution in [0.4, 0.5) is 4.39 Å². The van der Waals surface area contributed by atoms with Gasteiger partial charge in [-0.2, -0.15) is 0 Å². The predicted octanol–water partition coefficient (Wildman–Crippen LogP) is 4.45. The van der Waals surface area contributed by atoms with Crippen molar-refractivity contribution in [3.8, 4) is 0 Å². The number of rotatable bonds is 10. The van der Waals surface area contributed by atoms with Crippen molar-refractivity contribution in [2.75, 3.05) is 18.8 Å². The van der Waals surface area contributed by atoms with Crippen LogP contribution in [0.1, 0.15) is 52.0 Å². The fourth-order valence-corrected chi connectivity index (χ4v) is 3.95. The summed E-state index contributed by atoms with van der Waals surface area (Å²) in [4.78, 5) is 30.7. The second-order valence-corrected chi connectivity index (χ2v) is 7.98. The van der Waals surface area contributed by atoms with Gasteiger partial charge in [0.1, 0.15) is 11.5 Å². The zero-order valence-corrected chi connectivity index (χ0v) is 18.2. The molecule has 1 aromatic rings. The van der Waals surface area contributed by atoms with E-state index in [1.807, 2.05) is 6.92 Å². The first kappa shape index (κ1) is 23.1. The van der Waals surface area contributed by atoms with Crippen molar-refractivity contribution in [1.29, 1.82) is 0 Å². The van der Waals surface area contributed by atoms with Gasteiger partial charge >= 0.3 is 0 Å². The molecule has 1 atom stereocenters. The van der Waals surface area contributed by atoms with Crippen molar-refractivity contribution in [3.05, 3.63) is 41.3 Å². The van der Waals surface area contributed by atoms with E-state index in [0.29, 0.717) is 29.7 Å². The smallest absolute Gasteiger partial charge is 0.278 e. The van der Waals surface area contributed by atoms with E-state index in [1.165, 1.54) is 30.3 Å². The second kappa shape index (κ2) is 11.8. The lowest BCUT2D eigenvalue weighted by molar-refractivity contribution is -0.122. The molecule has 2 rings (SSSR count). The molecule has 0 saturated heterocycles. The Morgan fingerprint density at radius 3 is 2.79 bits per heavy atom. The first-order valence-corrected chi connectivity index (χ1v) is 11.2. The summed E-state index contributed by atoms with van der Waals surface area (Å²) in [5.41, 5.74) is 0.834. The average molecular weight is 420 g/mol. The maximum Gasteiger partial charge on any atom is 0.278 e. The number of nitrogens with one attached hydrogen (secondary N) is 1. The molecule has 1 aliphatic heterocycles. The molecule has 1 aliphatic rings. The molecule has 0 saturated carbocycles. The van der Waals surface area contributed by atoms with Gasteiger partial charge in [-0.15, -0.1) is 0 Å². The molecule has 158 valence electrons. The zero-order valence-electron chi connectivity index (χ0n) is 17.4. The number of carbonyl (C=O) groups is 2. The lowest BCUT2D eigenvalue weighted by atomic mass is 9.99. The standard InChI is InChI=1S/C22H30FN3O2S/c1-4-7-9-16(5-2)14-24-20(27)15-29-22-25-19(21(28)26(22)6-3)13-17-10-8-11-18(23)12-17/h8,10-13,16H,4-7,9,14-15H2,1-3H3,(H,24,27)/b19-13-/t16-/m1/s1. The van der Waals surface area contributed by atoms with Crippen molar-refractivity contribution >= 4 is 34.8 Å². The van der Waals surface area contributed by atoms with Gasteiger partial charge in [-0.3, -0.25) is 14.5 Å². The highest BCUT2D eigenvalue weighted by Crippen LogP contribution is 2.24. The number of unbranched alkanes of at least 4 members (excludes halogenated alkanes) is 1. The quantitative estimate of drug-likeness (QED) is 0.570. The van der Waals surface area contributed by atoms with Crippen molar-refractivity contribution < 1.29 is 14.0 Å². The molecule has 0 radical (unpaired) electrons. The molecule has 0 bridgehead atoms. The van der Waals surface area contributed by atoms with E-state index >= 15 is 0 Å². The predicted molar refractivity (Wildman–Crippen MR) is 118 cm³/mol. The number of hydrogen-bond acceptors (Lipinski definition) is 4. The molecule has 29 heavy (non-hydrogen) atoms. The number of halogens is 1. The SMILES string of the molecule is CCCC[C@@H](CC)CNC(=O)CSC1=N/C(=C\c2cccc(F)c2)C(=O)N1CC. The third-order valence-electron chi connectivity index (χ3n) is 4.84. The van der Waals surface area contributed by atoms with Crippen molar-refractivity contribution in [3.63, 3.8) is 0 Å². The Balaban J connectivity index is 1.96. The van der Waals surface area contributed by atoms with Gasteiger partial charge in [0.2, 0.25) is 5.91 Å². The van der Waals surface area contributed by atoms with Crippen LogP contribution in [0.2, 0.25) is 0 Å². The van der Waals surface area contributed by atoms with Crippen molar-refractivity contribution in [1.82, 2.24) is 10.2 Å². The Labute approximate surface area is 176 Å². The summed E-state index contributed by atoms with van der Waals surface area (Å²) in [6.45, 7) is 7.32. The molecule has 7 heteroatoms. The molecule has 1 heterocycles. The Kier molecular flexibility index (Phi) is 9.38. The van der Waals surface area contributed by atoms with Gasteiger partial charge in [-0.25, -0.2) is 9.38 Å². The van der Waals surface area contributed by atoms with Gasteiger partial charge in [-0.05, 0) is 43.0 Å². The van der Waals surface area contributed by atoms with Crippen LogP contribution in [-0.2, 0) is 9.59 Å². The lowest BCUT2D eigenvalue weighted by Crippen LogP contribution is -2.33. The Morgan fingerprint density at radius 1 is 1.34 bits per heavy atom. The minimum atomic E-state index is -0.364. The molecular weight excluding hydrogens is 389 g/mol. The lowest BCUT2D eigenvalue weighted by Gasteiger charge is -2.16. The largest absolute Gasteiger partial charge is 0.355 e. The second-order valence-electron chi connectivity index (χ2n) is 7.04. The normalized spacial score (nSPS) is 16.3. The van der Waals surface area contributed by atoms with Gasteiger partial charge in [0.05, 0.1) is 5.75 Å². The highest BCUT2D eigenvalue weighted by Gasteiger charge is 2.29. The molecule has 0 fully saturated rings. The number of carbonyl (C=O) groups excluding carboxylic acids is 2. The van der Waals surface area contributed by atoms with Gasteiger partial charge < -0.3 is 5.32 Å². The number of aliphatic imine (C=N–C) groups is 1. The number of likely N-dealkylation sites (N-methyl/N-ethyl adjacent to an activating group) is 1. The molecule has 0 aliphatic carbocycles. The Hall–Kier alpha value is -2.15. The van der Waals surface area contributed by atoms with Crippen LogP contribution >= 0.6 is 11.8 Å². The summed E-state index contributed by atoms with van der Waals surface area (Å²) in [6, 6.07) is 6.02. The minimum absolute atomic E-state index is 0.0567. The highest BCUT2D eigenvalue weighted by atomic mass is 32.2. The number of amidine groups is 1.